The van der Waals surface area contributed by atoms with Gasteiger partial charge in [0, 0.05) is 43.9 Å². The highest BCUT2D eigenvalue weighted by molar-refractivity contribution is 7.82. The van der Waals surface area contributed by atoms with E-state index in [9.17, 15) is 13.8 Å². The van der Waals surface area contributed by atoms with Crippen LogP contribution < -0.4 is 25.2 Å². The fourth-order valence-corrected chi connectivity index (χ4v) is 7.10. The number of hydrogen-bond acceptors (Lipinski definition) is 9. The second kappa shape index (κ2) is 10.3. The zero-order valence-electron chi connectivity index (χ0n) is 24.1. The molecular weight excluding hydrogens is 592 g/mol. The maximum atomic E-state index is 13.7. The summed E-state index contributed by atoms with van der Waals surface area (Å²) in [6, 6.07) is 8.80. The highest BCUT2D eigenvalue weighted by Gasteiger charge is 2.58. The molecule has 12 nitrogen and oxygen atoms in total. The van der Waals surface area contributed by atoms with Crippen LogP contribution in [0.4, 0.5) is 11.6 Å². The van der Waals surface area contributed by atoms with Crippen molar-refractivity contribution in [2.75, 3.05) is 36.2 Å². The Morgan fingerprint density at radius 3 is 2.67 bits per heavy atom. The van der Waals surface area contributed by atoms with E-state index in [1.54, 1.807) is 23.7 Å². The summed E-state index contributed by atoms with van der Waals surface area (Å²) in [7, 11) is 0.199. The Bertz CT molecular complexity index is 1860. The van der Waals surface area contributed by atoms with E-state index in [-0.39, 0.29) is 22.4 Å². The van der Waals surface area contributed by atoms with Crippen molar-refractivity contribution in [1.29, 1.82) is 0 Å². The minimum atomic E-state index is -1.57. The van der Waals surface area contributed by atoms with Crippen molar-refractivity contribution in [2.45, 2.75) is 32.4 Å². The number of fused-ring (bicyclic) bond motifs is 3. The number of pyridine rings is 1. The third-order valence-corrected chi connectivity index (χ3v) is 9.30. The van der Waals surface area contributed by atoms with Crippen molar-refractivity contribution in [1.82, 2.24) is 29.0 Å². The van der Waals surface area contributed by atoms with Gasteiger partial charge < -0.3 is 15.0 Å². The van der Waals surface area contributed by atoms with Crippen molar-refractivity contribution in [2.24, 2.45) is 18.9 Å². The quantitative estimate of drug-likeness (QED) is 0.298. The number of piperidine rings is 1. The first-order valence-electron chi connectivity index (χ1n) is 14.1. The van der Waals surface area contributed by atoms with E-state index in [2.05, 4.69) is 26.0 Å². The minimum Gasteiger partial charge on any atom is -0.476 e. The van der Waals surface area contributed by atoms with E-state index in [0.29, 0.717) is 46.9 Å². The van der Waals surface area contributed by atoms with E-state index in [4.69, 9.17) is 26.4 Å². The number of benzene rings is 1. The van der Waals surface area contributed by atoms with Gasteiger partial charge in [-0.05, 0) is 49.4 Å². The van der Waals surface area contributed by atoms with Gasteiger partial charge in [-0.2, -0.15) is 5.10 Å². The molecular formula is C29H31ClN8O4S. The SMILES string of the molecule is Cc1cc(C(C)Nc2ccc(Cl)nc2C(=O)NS(C)=O)c2nc(N3CC4C(C3)C4c3cc4n(n3)CCO4)n(C)c(=O)c2c1. The molecule has 3 aliphatic rings. The molecule has 5 heterocycles. The Labute approximate surface area is 255 Å². The summed E-state index contributed by atoms with van der Waals surface area (Å²) in [5, 5.41) is 8.76. The van der Waals surface area contributed by atoms with Crippen molar-refractivity contribution in [3.8, 4) is 5.88 Å². The predicted octanol–water partition coefficient (Wildman–Crippen LogP) is 2.93. The van der Waals surface area contributed by atoms with Crippen LogP contribution in [-0.2, 0) is 24.6 Å². The van der Waals surface area contributed by atoms with Gasteiger partial charge in [0.05, 0.1) is 34.9 Å². The molecule has 4 aromatic rings. The zero-order chi connectivity index (χ0) is 30.2. The molecule has 1 aliphatic carbocycles. The second-order valence-electron chi connectivity index (χ2n) is 11.5. The molecule has 7 rings (SSSR count). The average Bonchev–Trinajstić information content (AvgIpc) is 3.33. The summed E-state index contributed by atoms with van der Waals surface area (Å²) in [5.74, 6) is 2.20. The molecule has 0 spiro atoms. The number of halogens is 1. The first kappa shape index (κ1) is 27.8. The molecule has 4 atom stereocenters. The number of anilines is 2. The number of carbonyl (C=O) groups is 1. The van der Waals surface area contributed by atoms with Crippen LogP contribution in [0.3, 0.4) is 0 Å². The fourth-order valence-electron chi connectivity index (χ4n) is 6.59. The van der Waals surface area contributed by atoms with Crippen LogP contribution in [0, 0.1) is 18.8 Å². The molecule has 1 amide bonds. The van der Waals surface area contributed by atoms with Crippen molar-refractivity contribution in [3.05, 3.63) is 68.4 Å². The molecule has 1 aromatic carbocycles. The van der Waals surface area contributed by atoms with Crippen LogP contribution in [0.1, 0.15) is 46.2 Å². The maximum Gasteiger partial charge on any atom is 0.283 e. The summed E-state index contributed by atoms with van der Waals surface area (Å²) in [6.07, 6.45) is 1.36. The molecule has 3 aromatic heterocycles. The topological polar surface area (TPSA) is 136 Å². The van der Waals surface area contributed by atoms with Crippen LogP contribution >= 0.6 is 11.6 Å². The van der Waals surface area contributed by atoms with Crippen LogP contribution in [0.2, 0.25) is 5.15 Å². The number of amides is 1. The van der Waals surface area contributed by atoms with Gasteiger partial charge in [-0.25, -0.2) is 18.9 Å². The molecule has 2 fully saturated rings. The number of nitrogens with one attached hydrogen (secondary N) is 2. The number of ether oxygens (including phenoxy) is 1. The number of rotatable bonds is 7. The van der Waals surface area contributed by atoms with Crippen LogP contribution in [0.25, 0.3) is 10.9 Å². The molecule has 4 unspecified atom stereocenters. The molecule has 43 heavy (non-hydrogen) atoms. The second-order valence-corrected chi connectivity index (χ2v) is 13.0. The summed E-state index contributed by atoms with van der Waals surface area (Å²) in [5.41, 5.74) is 3.75. The largest absolute Gasteiger partial charge is 0.476 e. The third kappa shape index (κ3) is 4.84. The molecule has 0 radical (unpaired) electrons. The zero-order valence-corrected chi connectivity index (χ0v) is 25.7. The predicted molar refractivity (Wildman–Crippen MR) is 164 cm³/mol. The first-order chi connectivity index (χ1) is 20.6. The van der Waals surface area contributed by atoms with Gasteiger partial charge in [0.1, 0.15) is 22.7 Å². The lowest BCUT2D eigenvalue weighted by Gasteiger charge is -2.25. The number of aryl methyl sites for hydroxylation is 1. The molecule has 2 N–H and O–H groups in total. The molecule has 1 saturated carbocycles. The van der Waals surface area contributed by atoms with Crippen LogP contribution in [-0.4, -0.2) is 60.4 Å². The van der Waals surface area contributed by atoms with Gasteiger partial charge in [-0.15, -0.1) is 0 Å². The molecule has 224 valence electrons. The number of carbonyl (C=O) groups excluding carboxylic acids is 1. The minimum absolute atomic E-state index is 0.0245. The number of nitrogens with zero attached hydrogens (tertiary/aromatic N) is 6. The number of hydrogen-bond donors (Lipinski definition) is 2. The maximum absolute atomic E-state index is 13.7. The van der Waals surface area contributed by atoms with Gasteiger partial charge in [0.25, 0.3) is 11.5 Å². The number of aromatic nitrogens is 5. The molecule has 14 heteroatoms. The monoisotopic (exact) mass is 622 g/mol. The smallest absolute Gasteiger partial charge is 0.283 e. The van der Waals surface area contributed by atoms with Crippen molar-refractivity contribution in [3.63, 3.8) is 0 Å². The standard InChI is InChI=1S/C29H31ClN8O4S/c1-14-9-16(15(2)31-20-5-6-22(30)32-26(20)27(39)35-43(4)41)25-17(10-14)28(40)36(3)29(33-25)37-12-18-19(13-37)24(18)21-11-23-38(34-21)7-8-42-23/h5-6,9-11,15,18-19,24,31H,7-8,12-13H2,1-4H3,(H,35,39). The lowest BCUT2D eigenvalue weighted by molar-refractivity contribution is 0.0979. The van der Waals surface area contributed by atoms with E-state index in [0.717, 1.165) is 42.3 Å². The lowest BCUT2D eigenvalue weighted by Crippen LogP contribution is -2.32. The molecule has 1 saturated heterocycles. The normalized spacial score (nSPS) is 21.7. The van der Waals surface area contributed by atoms with E-state index >= 15 is 0 Å². The third-order valence-electron chi connectivity index (χ3n) is 8.62. The Morgan fingerprint density at radius 2 is 1.95 bits per heavy atom. The Balaban J connectivity index is 1.19. The Hall–Kier alpha value is -3.97. The van der Waals surface area contributed by atoms with Gasteiger partial charge in [-0.3, -0.25) is 18.9 Å². The summed E-state index contributed by atoms with van der Waals surface area (Å²) in [6.45, 7) is 6.94. The van der Waals surface area contributed by atoms with E-state index in [1.165, 1.54) is 6.26 Å². The summed E-state index contributed by atoms with van der Waals surface area (Å²) >= 11 is 6.08. The average molecular weight is 623 g/mol. The lowest BCUT2D eigenvalue weighted by atomic mass is 10.0. The van der Waals surface area contributed by atoms with Crippen molar-refractivity contribution >= 4 is 51.0 Å². The van der Waals surface area contributed by atoms with Crippen LogP contribution in [0.15, 0.2) is 35.1 Å². The van der Waals surface area contributed by atoms with Gasteiger partial charge in [-0.1, -0.05) is 17.7 Å². The Kier molecular flexibility index (Phi) is 6.69. The first-order valence-corrected chi connectivity index (χ1v) is 16.1. The highest BCUT2D eigenvalue weighted by Crippen LogP contribution is 2.58. The van der Waals surface area contributed by atoms with Gasteiger partial charge >= 0.3 is 0 Å². The fraction of sp³-hybridized carbons (Fsp3) is 0.414. The van der Waals surface area contributed by atoms with E-state index < -0.39 is 16.9 Å². The molecule has 0 bridgehead atoms. The van der Waals surface area contributed by atoms with Gasteiger partial charge in [0.2, 0.25) is 11.8 Å². The summed E-state index contributed by atoms with van der Waals surface area (Å²) in [4.78, 5) is 37.8. The summed E-state index contributed by atoms with van der Waals surface area (Å²) < 4.78 is 23.2. The Morgan fingerprint density at radius 1 is 1.19 bits per heavy atom. The van der Waals surface area contributed by atoms with E-state index in [1.807, 2.05) is 30.7 Å². The highest BCUT2D eigenvalue weighted by atomic mass is 35.5. The molecule has 2 aliphatic heterocycles. The van der Waals surface area contributed by atoms with Crippen LogP contribution in [0.5, 0.6) is 5.88 Å². The van der Waals surface area contributed by atoms with Gasteiger partial charge in [0.15, 0.2) is 5.69 Å². The van der Waals surface area contributed by atoms with Crippen molar-refractivity contribution < 1.29 is 13.7 Å².